The van der Waals surface area contributed by atoms with E-state index in [0.29, 0.717) is 49.8 Å². The predicted molar refractivity (Wildman–Crippen MR) is 205 cm³/mol. The number of benzene rings is 1. The van der Waals surface area contributed by atoms with Gasteiger partial charge in [0.1, 0.15) is 16.7 Å². The summed E-state index contributed by atoms with van der Waals surface area (Å²) < 4.78 is 56.8. The second-order valence-corrected chi connectivity index (χ2v) is 16.5. The van der Waals surface area contributed by atoms with Gasteiger partial charge in [0.15, 0.2) is 5.82 Å². The fraction of sp³-hybridized carbons (Fsp3) is 0.421. The van der Waals surface area contributed by atoms with Crippen molar-refractivity contribution in [2.45, 2.75) is 79.3 Å². The molecule has 6 aromatic rings. The van der Waals surface area contributed by atoms with Crippen LogP contribution in [0.1, 0.15) is 62.7 Å². The zero-order valence-electron chi connectivity index (χ0n) is 31.8. The first-order valence-electron chi connectivity index (χ1n) is 17.5. The van der Waals surface area contributed by atoms with Gasteiger partial charge in [-0.3, -0.25) is 14.3 Å². The third kappa shape index (κ3) is 7.94. The average Bonchev–Trinajstić information content (AvgIpc) is 3.85. The largest absolute Gasteiger partial charge is 0.382 e. The van der Waals surface area contributed by atoms with Crippen LogP contribution in [0.25, 0.3) is 22.0 Å². The van der Waals surface area contributed by atoms with Crippen LogP contribution in [-0.4, -0.2) is 71.8 Å². The Balaban J connectivity index is 1.40. The van der Waals surface area contributed by atoms with Gasteiger partial charge in [0, 0.05) is 52.2 Å². The number of pyridine rings is 1. The summed E-state index contributed by atoms with van der Waals surface area (Å²) in [6.07, 6.45) is 0. The van der Waals surface area contributed by atoms with E-state index in [2.05, 4.69) is 28.5 Å². The van der Waals surface area contributed by atoms with E-state index in [-0.39, 0.29) is 23.4 Å². The highest BCUT2D eigenvalue weighted by Gasteiger charge is 2.34. The fourth-order valence-corrected chi connectivity index (χ4v) is 9.58. The van der Waals surface area contributed by atoms with Gasteiger partial charge >= 0.3 is 0 Å². The summed E-state index contributed by atoms with van der Waals surface area (Å²) in [5.74, 6) is 0.714. The first kappa shape index (κ1) is 38.3. The number of nitrogens with zero attached hydrogens (tertiary/aromatic N) is 7. The first-order chi connectivity index (χ1) is 25.3. The minimum Gasteiger partial charge on any atom is -0.382 e. The highest BCUT2D eigenvalue weighted by Crippen LogP contribution is 2.40. The van der Waals surface area contributed by atoms with Gasteiger partial charge < -0.3 is 18.7 Å². The standard InChI is InChI=1S/C38H47N7O6S2/c1-10-49-21-31-18-30(19-44-35-16-23(2)39-28(7)36(35)34(41-44)20-43-25(4)15-24(3)40-43)11-12-32(31)33-17-26(5)52-38(33)53(46,47)45(22-50-14-13-48-9)37-27(6)29(8)51-42-37/h11-12,15-18H,10,13-14,19-22H2,1-9H3. The quantitative estimate of drug-likeness (QED) is 0.0752. The molecule has 53 heavy (non-hydrogen) atoms. The maximum atomic E-state index is 14.6. The average molecular weight is 762 g/mol. The highest BCUT2D eigenvalue weighted by atomic mass is 32.2. The number of aryl methyl sites for hydroxylation is 6. The van der Waals surface area contributed by atoms with Crippen molar-refractivity contribution in [2.75, 3.05) is 38.0 Å². The van der Waals surface area contributed by atoms with E-state index < -0.39 is 10.0 Å². The van der Waals surface area contributed by atoms with Crippen LogP contribution in [0.4, 0.5) is 5.82 Å². The molecule has 6 rings (SSSR count). The van der Waals surface area contributed by atoms with E-state index >= 15 is 0 Å². The molecule has 282 valence electrons. The number of aromatic nitrogens is 6. The maximum Gasteiger partial charge on any atom is 0.277 e. The molecule has 5 aromatic heterocycles. The van der Waals surface area contributed by atoms with Crippen LogP contribution in [0.15, 0.2) is 45.1 Å². The normalized spacial score (nSPS) is 12.0. The van der Waals surface area contributed by atoms with Gasteiger partial charge in [0.05, 0.1) is 49.8 Å². The molecule has 0 N–H and O–H groups in total. The van der Waals surface area contributed by atoms with Crippen LogP contribution in [0.3, 0.4) is 0 Å². The van der Waals surface area contributed by atoms with Crippen LogP contribution in [0.2, 0.25) is 0 Å². The first-order valence-corrected chi connectivity index (χ1v) is 19.7. The third-order valence-corrected chi connectivity index (χ3v) is 12.4. The lowest BCUT2D eigenvalue weighted by Gasteiger charge is -2.23. The Labute approximate surface area is 314 Å². The van der Waals surface area contributed by atoms with E-state index in [1.54, 1.807) is 21.0 Å². The van der Waals surface area contributed by atoms with E-state index in [0.717, 1.165) is 60.9 Å². The Hall–Kier alpha value is -4.41. The minimum absolute atomic E-state index is 0.182. The van der Waals surface area contributed by atoms with Crippen molar-refractivity contribution in [3.63, 3.8) is 0 Å². The zero-order valence-corrected chi connectivity index (χ0v) is 33.4. The van der Waals surface area contributed by atoms with Crippen molar-refractivity contribution in [3.8, 4) is 11.1 Å². The van der Waals surface area contributed by atoms with Gasteiger partial charge in [0.25, 0.3) is 10.0 Å². The van der Waals surface area contributed by atoms with Crippen molar-refractivity contribution >= 4 is 38.1 Å². The molecule has 0 aliphatic heterocycles. The molecule has 0 aliphatic carbocycles. The van der Waals surface area contributed by atoms with Gasteiger partial charge in [-0.1, -0.05) is 23.4 Å². The van der Waals surface area contributed by atoms with Crippen LogP contribution in [0.5, 0.6) is 0 Å². The number of fused-ring (bicyclic) bond motifs is 1. The number of methoxy groups -OCH3 is 1. The molecule has 0 saturated carbocycles. The Bertz CT molecular complexity index is 2360. The summed E-state index contributed by atoms with van der Waals surface area (Å²) in [6, 6.07) is 12.1. The summed E-state index contributed by atoms with van der Waals surface area (Å²) >= 11 is 1.21. The van der Waals surface area contributed by atoms with Gasteiger partial charge in [0.2, 0.25) is 0 Å². The molecule has 0 aliphatic rings. The Morgan fingerprint density at radius 1 is 0.887 bits per heavy atom. The molecule has 0 saturated heterocycles. The number of rotatable bonds is 16. The molecule has 5 heterocycles. The lowest BCUT2D eigenvalue weighted by Crippen LogP contribution is -2.34. The molecule has 0 fully saturated rings. The number of ether oxygens (including phenoxy) is 3. The van der Waals surface area contributed by atoms with Gasteiger partial charge in [-0.25, -0.2) is 12.7 Å². The SMILES string of the molecule is CCOCc1cc(Cn2nc(Cn3nc(C)cc3C)c3c(C)nc(C)cc32)ccc1-c1cc(C)sc1S(=O)(=O)N(COCCOC)c1noc(C)c1C. The minimum atomic E-state index is -4.17. The second kappa shape index (κ2) is 15.9. The van der Waals surface area contributed by atoms with Gasteiger partial charge in [-0.05, 0) is 90.3 Å². The Morgan fingerprint density at radius 3 is 2.36 bits per heavy atom. The van der Waals surface area contributed by atoms with Crippen LogP contribution in [0, 0.1) is 48.5 Å². The summed E-state index contributed by atoms with van der Waals surface area (Å²) in [5.41, 5.74) is 9.59. The van der Waals surface area contributed by atoms with Crippen LogP contribution >= 0.6 is 11.3 Å². The molecule has 0 amide bonds. The summed E-state index contributed by atoms with van der Waals surface area (Å²) in [6.45, 7) is 17.5. The molecule has 0 atom stereocenters. The Kier molecular flexibility index (Phi) is 11.5. The molecular formula is C38H47N7O6S2. The summed E-state index contributed by atoms with van der Waals surface area (Å²) in [7, 11) is -2.60. The molecular weight excluding hydrogens is 715 g/mol. The topological polar surface area (TPSA) is 140 Å². The molecule has 13 nitrogen and oxygen atoms in total. The van der Waals surface area contributed by atoms with Crippen LogP contribution in [-0.2, 0) is 43.9 Å². The lowest BCUT2D eigenvalue weighted by atomic mass is 9.99. The molecule has 0 radical (unpaired) electrons. The van der Waals surface area contributed by atoms with Crippen molar-refractivity contribution in [3.05, 3.63) is 92.2 Å². The molecule has 0 bridgehead atoms. The number of anilines is 1. The van der Waals surface area contributed by atoms with Crippen molar-refractivity contribution in [1.29, 1.82) is 0 Å². The smallest absolute Gasteiger partial charge is 0.277 e. The van der Waals surface area contributed by atoms with Crippen molar-refractivity contribution in [1.82, 2.24) is 29.7 Å². The van der Waals surface area contributed by atoms with E-state index in [1.807, 2.05) is 69.1 Å². The molecule has 15 heteroatoms. The number of hydrogen-bond donors (Lipinski definition) is 0. The number of thiophene rings is 1. The lowest BCUT2D eigenvalue weighted by molar-refractivity contribution is 0.0753. The van der Waals surface area contributed by atoms with Crippen LogP contribution < -0.4 is 4.31 Å². The summed E-state index contributed by atoms with van der Waals surface area (Å²) in [4.78, 5) is 5.61. The summed E-state index contributed by atoms with van der Waals surface area (Å²) in [5, 5.41) is 14.9. The van der Waals surface area contributed by atoms with Gasteiger partial charge in [-0.2, -0.15) is 10.2 Å². The fourth-order valence-electron chi connectivity index (χ4n) is 6.48. The predicted octanol–water partition coefficient (Wildman–Crippen LogP) is 6.95. The van der Waals surface area contributed by atoms with E-state index in [4.69, 9.17) is 28.8 Å². The zero-order chi connectivity index (χ0) is 38.0. The molecule has 0 spiro atoms. The number of sulfonamides is 1. The second-order valence-electron chi connectivity index (χ2n) is 13.2. The molecule has 1 aromatic carbocycles. The maximum absolute atomic E-state index is 14.6. The third-order valence-electron chi connectivity index (χ3n) is 9.13. The number of hydrogen-bond acceptors (Lipinski definition) is 11. The Morgan fingerprint density at radius 2 is 1.68 bits per heavy atom. The van der Waals surface area contributed by atoms with E-state index in [9.17, 15) is 8.42 Å². The van der Waals surface area contributed by atoms with E-state index in [1.165, 1.54) is 15.6 Å². The van der Waals surface area contributed by atoms with Crippen molar-refractivity contribution < 1.29 is 27.2 Å². The monoisotopic (exact) mass is 761 g/mol. The van der Waals surface area contributed by atoms with Crippen molar-refractivity contribution in [2.24, 2.45) is 0 Å². The van der Waals surface area contributed by atoms with Gasteiger partial charge in [-0.15, -0.1) is 11.3 Å². The highest BCUT2D eigenvalue weighted by molar-refractivity contribution is 7.95. The molecule has 0 unspecified atom stereocenters.